The SMILES string of the molecule is CNCCCc1noc(C2CCOCC2)n1. The van der Waals surface area contributed by atoms with Crippen LogP contribution in [0.2, 0.25) is 0 Å². The van der Waals surface area contributed by atoms with Crippen LogP contribution in [0.4, 0.5) is 0 Å². The Hall–Kier alpha value is -0.940. The van der Waals surface area contributed by atoms with Gasteiger partial charge in [-0.25, -0.2) is 0 Å². The fourth-order valence-corrected chi connectivity index (χ4v) is 1.90. The van der Waals surface area contributed by atoms with Crippen LogP contribution >= 0.6 is 0 Å². The lowest BCUT2D eigenvalue weighted by molar-refractivity contribution is 0.0778. The summed E-state index contributed by atoms with van der Waals surface area (Å²) in [6, 6.07) is 0. The summed E-state index contributed by atoms with van der Waals surface area (Å²) >= 11 is 0. The third kappa shape index (κ3) is 3.02. The van der Waals surface area contributed by atoms with E-state index in [4.69, 9.17) is 9.26 Å². The molecular weight excluding hydrogens is 206 g/mol. The molecule has 1 aliphatic heterocycles. The van der Waals surface area contributed by atoms with Gasteiger partial charge in [0.1, 0.15) is 0 Å². The molecule has 2 heterocycles. The second-order valence-corrected chi connectivity index (χ2v) is 4.14. The molecule has 1 N–H and O–H groups in total. The standard InChI is InChI=1S/C11H19N3O2/c1-12-6-2-3-10-13-11(16-14-10)9-4-7-15-8-5-9/h9,12H,2-8H2,1H3. The highest BCUT2D eigenvalue weighted by molar-refractivity contribution is 4.95. The Morgan fingerprint density at radius 1 is 1.38 bits per heavy atom. The molecule has 1 aromatic heterocycles. The van der Waals surface area contributed by atoms with Crippen molar-refractivity contribution in [1.82, 2.24) is 15.5 Å². The van der Waals surface area contributed by atoms with Crippen LogP contribution in [0, 0.1) is 0 Å². The van der Waals surface area contributed by atoms with E-state index < -0.39 is 0 Å². The summed E-state index contributed by atoms with van der Waals surface area (Å²) in [6.07, 6.45) is 3.92. The van der Waals surface area contributed by atoms with Crippen molar-refractivity contribution >= 4 is 0 Å². The van der Waals surface area contributed by atoms with Gasteiger partial charge in [-0.1, -0.05) is 5.16 Å². The third-order valence-electron chi connectivity index (χ3n) is 2.88. The first kappa shape index (κ1) is 11.5. The number of nitrogens with one attached hydrogen (secondary N) is 1. The zero-order valence-electron chi connectivity index (χ0n) is 9.74. The number of hydrogen-bond donors (Lipinski definition) is 1. The van der Waals surface area contributed by atoms with Gasteiger partial charge in [0.15, 0.2) is 5.82 Å². The van der Waals surface area contributed by atoms with E-state index in [-0.39, 0.29) is 0 Å². The fraction of sp³-hybridized carbons (Fsp3) is 0.818. The minimum atomic E-state index is 0.402. The highest BCUT2D eigenvalue weighted by atomic mass is 16.5. The topological polar surface area (TPSA) is 60.2 Å². The summed E-state index contributed by atoms with van der Waals surface area (Å²) in [7, 11) is 1.95. The number of aryl methyl sites for hydroxylation is 1. The van der Waals surface area contributed by atoms with Crippen LogP contribution in [-0.4, -0.2) is 36.9 Å². The maximum Gasteiger partial charge on any atom is 0.229 e. The van der Waals surface area contributed by atoms with Gasteiger partial charge in [-0.2, -0.15) is 4.98 Å². The molecule has 1 aliphatic rings. The van der Waals surface area contributed by atoms with E-state index >= 15 is 0 Å². The van der Waals surface area contributed by atoms with Gasteiger partial charge in [0.25, 0.3) is 0 Å². The van der Waals surface area contributed by atoms with Crippen molar-refractivity contribution in [2.24, 2.45) is 0 Å². The van der Waals surface area contributed by atoms with Crippen LogP contribution in [0.3, 0.4) is 0 Å². The van der Waals surface area contributed by atoms with Crippen LogP contribution in [0.5, 0.6) is 0 Å². The number of rotatable bonds is 5. The van der Waals surface area contributed by atoms with Gasteiger partial charge in [0, 0.05) is 25.6 Å². The smallest absolute Gasteiger partial charge is 0.229 e. The lowest BCUT2D eigenvalue weighted by atomic mass is 10.0. The minimum Gasteiger partial charge on any atom is -0.381 e. The van der Waals surface area contributed by atoms with E-state index in [0.717, 1.165) is 57.2 Å². The molecule has 0 saturated carbocycles. The second kappa shape index (κ2) is 5.96. The van der Waals surface area contributed by atoms with E-state index in [1.807, 2.05) is 7.05 Å². The molecule has 0 aliphatic carbocycles. The zero-order chi connectivity index (χ0) is 11.2. The lowest BCUT2D eigenvalue weighted by Gasteiger charge is -2.17. The van der Waals surface area contributed by atoms with Crippen LogP contribution < -0.4 is 5.32 Å². The van der Waals surface area contributed by atoms with Gasteiger partial charge in [-0.15, -0.1) is 0 Å². The normalized spacial score (nSPS) is 17.8. The molecule has 0 amide bonds. The summed E-state index contributed by atoms with van der Waals surface area (Å²) in [6.45, 7) is 2.60. The molecule has 16 heavy (non-hydrogen) atoms. The molecule has 5 nitrogen and oxygen atoms in total. The first-order chi connectivity index (χ1) is 7.90. The van der Waals surface area contributed by atoms with Crippen LogP contribution in [0.15, 0.2) is 4.52 Å². The van der Waals surface area contributed by atoms with Crippen LogP contribution in [0.1, 0.15) is 36.9 Å². The van der Waals surface area contributed by atoms with Crippen molar-refractivity contribution < 1.29 is 9.26 Å². The average molecular weight is 225 g/mol. The first-order valence-electron chi connectivity index (χ1n) is 5.95. The molecule has 0 unspecified atom stereocenters. The molecule has 1 aromatic rings. The Bertz CT molecular complexity index is 308. The Labute approximate surface area is 95.6 Å². The molecule has 1 saturated heterocycles. The monoisotopic (exact) mass is 225 g/mol. The largest absolute Gasteiger partial charge is 0.381 e. The summed E-state index contributed by atoms with van der Waals surface area (Å²) in [4.78, 5) is 4.44. The van der Waals surface area contributed by atoms with E-state index in [1.165, 1.54) is 0 Å². The Balaban J connectivity index is 1.85. The third-order valence-corrected chi connectivity index (χ3v) is 2.88. The van der Waals surface area contributed by atoms with Gasteiger partial charge in [0.2, 0.25) is 5.89 Å². The molecule has 0 radical (unpaired) electrons. The highest BCUT2D eigenvalue weighted by Crippen LogP contribution is 2.25. The summed E-state index contributed by atoms with van der Waals surface area (Å²) in [5.74, 6) is 2.03. The number of nitrogens with zero attached hydrogens (tertiary/aromatic N) is 2. The molecular formula is C11H19N3O2. The van der Waals surface area contributed by atoms with Crippen molar-refractivity contribution in [3.8, 4) is 0 Å². The van der Waals surface area contributed by atoms with E-state index in [9.17, 15) is 0 Å². The molecule has 0 spiro atoms. The highest BCUT2D eigenvalue weighted by Gasteiger charge is 2.21. The predicted molar refractivity (Wildman–Crippen MR) is 59.3 cm³/mol. The zero-order valence-corrected chi connectivity index (χ0v) is 9.74. The Morgan fingerprint density at radius 2 is 2.19 bits per heavy atom. The van der Waals surface area contributed by atoms with Gasteiger partial charge in [-0.05, 0) is 32.9 Å². The predicted octanol–water partition coefficient (Wildman–Crippen LogP) is 1.12. The first-order valence-corrected chi connectivity index (χ1v) is 5.95. The van der Waals surface area contributed by atoms with E-state index in [2.05, 4.69) is 15.5 Å². The molecule has 0 aromatic carbocycles. The van der Waals surface area contributed by atoms with E-state index in [1.54, 1.807) is 0 Å². The van der Waals surface area contributed by atoms with Crippen molar-refractivity contribution in [2.45, 2.75) is 31.6 Å². The van der Waals surface area contributed by atoms with Crippen molar-refractivity contribution in [3.63, 3.8) is 0 Å². The molecule has 1 fully saturated rings. The maximum atomic E-state index is 5.31. The summed E-state index contributed by atoms with van der Waals surface area (Å²) in [5.41, 5.74) is 0. The molecule has 0 bridgehead atoms. The Morgan fingerprint density at radius 3 is 2.94 bits per heavy atom. The quantitative estimate of drug-likeness (QED) is 0.761. The summed E-state index contributed by atoms with van der Waals surface area (Å²) < 4.78 is 10.6. The van der Waals surface area contributed by atoms with Gasteiger partial charge < -0.3 is 14.6 Å². The Kier molecular flexibility index (Phi) is 4.30. The van der Waals surface area contributed by atoms with E-state index in [0.29, 0.717) is 5.92 Å². The van der Waals surface area contributed by atoms with Crippen LogP contribution in [0.25, 0.3) is 0 Å². The van der Waals surface area contributed by atoms with Crippen molar-refractivity contribution in [1.29, 1.82) is 0 Å². The van der Waals surface area contributed by atoms with Crippen molar-refractivity contribution in [2.75, 3.05) is 26.8 Å². The van der Waals surface area contributed by atoms with Crippen LogP contribution in [-0.2, 0) is 11.2 Å². The average Bonchev–Trinajstić information content (AvgIpc) is 2.79. The number of hydrogen-bond acceptors (Lipinski definition) is 5. The van der Waals surface area contributed by atoms with Gasteiger partial charge in [-0.3, -0.25) is 0 Å². The second-order valence-electron chi connectivity index (χ2n) is 4.14. The molecule has 0 atom stereocenters. The number of ether oxygens (including phenoxy) is 1. The number of aromatic nitrogens is 2. The molecule has 5 heteroatoms. The van der Waals surface area contributed by atoms with Gasteiger partial charge in [0.05, 0.1) is 0 Å². The maximum absolute atomic E-state index is 5.31. The fourth-order valence-electron chi connectivity index (χ4n) is 1.90. The molecule has 90 valence electrons. The minimum absolute atomic E-state index is 0.402. The summed E-state index contributed by atoms with van der Waals surface area (Å²) in [5, 5.41) is 7.11. The van der Waals surface area contributed by atoms with Crippen molar-refractivity contribution in [3.05, 3.63) is 11.7 Å². The van der Waals surface area contributed by atoms with Gasteiger partial charge >= 0.3 is 0 Å². The molecule has 2 rings (SSSR count). The lowest BCUT2D eigenvalue weighted by Crippen LogP contribution is -2.14.